The van der Waals surface area contributed by atoms with Gasteiger partial charge in [-0.1, -0.05) is 28.9 Å². The molecule has 108 valence electrons. The molecule has 0 unspecified atom stereocenters. The van der Waals surface area contributed by atoms with Gasteiger partial charge in [0.05, 0.1) is 5.60 Å². The van der Waals surface area contributed by atoms with Crippen LogP contribution < -0.4 is 0 Å². The Labute approximate surface area is 129 Å². The lowest BCUT2D eigenvalue weighted by Gasteiger charge is -2.22. The monoisotopic (exact) mass is 336 g/mol. The number of Topliss-reactive ketones (excluding diaryl/α,β-unsaturated/α-hetero) is 1. The lowest BCUT2D eigenvalue weighted by Crippen LogP contribution is -2.29. The molecule has 1 aromatic rings. The number of carbonyl (C=O) groups excluding carboxylic acids is 1. The first-order valence-electron chi connectivity index (χ1n) is 6.93. The molecule has 0 saturated carbocycles. The lowest BCUT2D eigenvalue weighted by molar-refractivity contribution is -0.132. The van der Waals surface area contributed by atoms with Gasteiger partial charge < -0.3 is 4.74 Å². The van der Waals surface area contributed by atoms with E-state index in [2.05, 4.69) is 35.0 Å². The standard InChI is InChI=1S/C17H21BrO2/c1-6-11-7-8-13(18)9-12(11)10-14-15(19)17(4,5)20-16(14,2)3/h7-10H,6H2,1-5H3. The van der Waals surface area contributed by atoms with Crippen molar-refractivity contribution in [1.29, 1.82) is 0 Å². The number of hydrogen-bond acceptors (Lipinski definition) is 2. The SMILES string of the molecule is CCc1ccc(Br)cc1C=C1C(=O)C(C)(C)OC1(C)C. The van der Waals surface area contributed by atoms with E-state index in [1.54, 1.807) is 0 Å². The number of aryl methyl sites for hydroxylation is 1. The van der Waals surface area contributed by atoms with Gasteiger partial charge in [-0.15, -0.1) is 0 Å². The van der Waals surface area contributed by atoms with Gasteiger partial charge in [-0.2, -0.15) is 0 Å². The summed E-state index contributed by atoms with van der Waals surface area (Å²) in [5.41, 5.74) is 1.77. The normalized spacial score (nSPS) is 22.5. The minimum Gasteiger partial charge on any atom is -0.357 e. The van der Waals surface area contributed by atoms with Gasteiger partial charge in [0.1, 0.15) is 5.60 Å². The van der Waals surface area contributed by atoms with Crippen LogP contribution in [-0.2, 0) is 16.0 Å². The van der Waals surface area contributed by atoms with Gasteiger partial charge in [0.15, 0.2) is 5.78 Å². The van der Waals surface area contributed by atoms with E-state index in [0.29, 0.717) is 0 Å². The predicted molar refractivity (Wildman–Crippen MR) is 85.7 cm³/mol. The lowest BCUT2D eigenvalue weighted by atomic mass is 9.89. The van der Waals surface area contributed by atoms with E-state index in [0.717, 1.165) is 22.0 Å². The van der Waals surface area contributed by atoms with Gasteiger partial charge >= 0.3 is 0 Å². The van der Waals surface area contributed by atoms with Crippen LogP contribution in [0.2, 0.25) is 0 Å². The molecule has 1 aromatic carbocycles. The Balaban J connectivity index is 2.55. The molecule has 0 radical (unpaired) electrons. The highest BCUT2D eigenvalue weighted by atomic mass is 79.9. The van der Waals surface area contributed by atoms with Crippen LogP contribution in [0.1, 0.15) is 45.7 Å². The number of ketones is 1. The molecule has 2 nitrogen and oxygen atoms in total. The van der Waals surface area contributed by atoms with Crippen molar-refractivity contribution in [2.75, 3.05) is 0 Å². The number of rotatable bonds is 2. The van der Waals surface area contributed by atoms with E-state index in [1.165, 1.54) is 5.56 Å². The van der Waals surface area contributed by atoms with Crippen LogP contribution in [0.25, 0.3) is 6.08 Å². The molecule has 0 bridgehead atoms. The maximum atomic E-state index is 12.5. The summed E-state index contributed by atoms with van der Waals surface area (Å²) >= 11 is 3.50. The minimum atomic E-state index is -0.742. The van der Waals surface area contributed by atoms with E-state index < -0.39 is 11.2 Å². The molecule has 1 aliphatic heterocycles. The predicted octanol–water partition coefficient (Wildman–Crippen LogP) is 4.55. The second-order valence-electron chi connectivity index (χ2n) is 6.21. The third-order valence-corrected chi connectivity index (χ3v) is 4.23. The Morgan fingerprint density at radius 3 is 2.35 bits per heavy atom. The van der Waals surface area contributed by atoms with Crippen molar-refractivity contribution in [3.8, 4) is 0 Å². The van der Waals surface area contributed by atoms with E-state index >= 15 is 0 Å². The summed E-state index contributed by atoms with van der Waals surface area (Å²) in [5, 5.41) is 0. The van der Waals surface area contributed by atoms with Crippen molar-refractivity contribution in [3.05, 3.63) is 39.4 Å². The Hall–Kier alpha value is -0.930. The van der Waals surface area contributed by atoms with E-state index in [4.69, 9.17) is 4.74 Å². The van der Waals surface area contributed by atoms with Crippen LogP contribution >= 0.6 is 15.9 Å². The van der Waals surface area contributed by atoms with Crippen molar-refractivity contribution in [3.63, 3.8) is 0 Å². The molecule has 1 fully saturated rings. The van der Waals surface area contributed by atoms with Crippen molar-refractivity contribution < 1.29 is 9.53 Å². The van der Waals surface area contributed by atoms with Gasteiger partial charge in [0.2, 0.25) is 0 Å². The molecule has 3 heteroatoms. The zero-order valence-corrected chi connectivity index (χ0v) is 14.3. The van der Waals surface area contributed by atoms with Gasteiger partial charge in [0.25, 0.3) is 0 Å². The van der Waals surface area contributed by atoms with Crippen molar-refractivity contribution >= 4 is 27.8 Å². The third-order valence-electron chi connectivity index (χ3n) is 3.74. The highest BCUT2D eigenvalue weighted by Crippen LogP contribution is 2.40. The first kappa shape index (κ1) is 15.5. The Morgan fingerprint density at radius 2 is 1.85 bits per heavy atom. The van der Waals surface area contributed by atoms with Crippen LogP contribution in [-0.4, -0.2) is 17.0 Å². The quantitative estimate of drug-likeness (QED) is 0.740. The summed E-state index contributed by atoms with van der Waals surface area (Å²) in [6.45, 7) is 9.69. The molecule has 1 aliphatic rings. The highest BCUT2D eigenvalue weighted by molar-refractivity contribution is 9.10. The molecule has 0 aromatic heterocycles. The van der Waals surface area contributed by atoms with E-state index in [9.17, 15) is 4.79 Å². The largest absolute Gasteiger partial charge is 0.357 e. The van der Waals surface area contributed by atoms with Gasteiger partial charge in [0, 0.05) is 10.0 Å². The average Bonchev–Trinajstić information content (AvgIpc) is 2.48. The smallest absolute Gasteiger partial charge is 0.192 e. The Morgan fingerprint density at radius 1 is 1.20 bits per heavy atom. The molecular formula is C17H21BrO2. The van der Waals surface area contributed by atoms with Crippen molar-refractivity contribution in [2.24, 2.45) is 0 Å². The van der Waals surface area contributed by atoms with Gasteiger partial charge in [-0.25, -0.2) is 0 Å². The molecule has 0 N–H and O–H groups in total. The molecule has 0 atom stereocenters. The highest BCUT2D eigenvalue weighted by Gasteiger charge is 2.49. The molecule has 1 saturated heterocycles. The van der Waals surface area contributed by atoms with Crippen LogP contribution in [0, 0.1) is 0 Å². The summed E-state index contributed by atoms with van der Waals surface area (Å²) < 4.78 is 6.93. The fourth-order valence-corrected chi connectivity index (χ4v) is 3.13. The molecule has 0 aliphatic carbocycles. The topological polar surface area (TPSA) is 26.3 Å². The molecule has 2 rings (SSSR count). The van der Waals surface area contributed by atoms with Crippen molar-refractivity contribution in [1.82, 2.24) is 0 Å². The van der Waals surface area contributed by atoms with E-state index in [1.807, 2.05) is 39.8 Å². The van der Waals surface area contributed by atoms with Crippen LogP contribution in [0.15, 0.2) is 28.2 Å². The fourth-order valence-electron chi connectivity index (χ4n) is 2.75. The Bertz CT molecular complexity index is 583. The second-order valence-corrected chi connectivity index (χ2v) is 7.12. The van der Waals surface area contributed by atoms with Crippen LogP contribution in [0.4, 0.5) is 0 Å². The number of ether oxygens (including phenoxy) is 1. The summed E-state index contributed by atoms with van der Waals surface area (Å²) in [6, 6.07) is 6.18. The maximum absolute atomic E-state index is 12.5. The molecule has 0 amide bonds. The average molecular weight is 337 g/mol. The zero-order chi connectivity index (χ0) is 15.1. The summed E-state index contributed by atoms with van der Waals surface area (Å²) in [6.07, 6.45) is 2.92. The van der Waals surface area contributed by atoms with Gasteiger partial charge in [-0.05, 0) is 63.5 Å². The summed E-state index contributed by atoms with van der Waals surface area (Å²) in [7, 11) is 0. The van der Waals surface area contributed by atoms with Crippen molar-refractivity contribution in [2.45, 2.75) is 52.2 Å². The summed E-state index contributed by atoms with van der Waals surface area (Å²) in [4.78, 5) is 12.5. The molecule has 1 heterocycles. The fraction of sp³-hybridized carbons (Fsp3) is 0.471. The number of hydrogen-bond donors (Lipinski definition) is 0. The van der Waals surface area contributed by atoms with Crippen LogP contribution in [0.5, 0.6) is 0 Å². The third kappa shape index (κ3) is 2.75. The number of carbonyl (C=O) groups is 1. The molecule has 0 spiro atoms. The summed E-state index contributed by atoms with van der Waals surface area (Å²) in [5.74, 6) is 0.0736. The zero-order valence-electron chi connectivity index (χ0n) is 12.7. The maximum Gasteiger partial charge on any atom is 0.192 e. The number of halogens is 1. The second kappa shape index (κ2) is 5.12. The first-order chi connectivity index (χ1) is 9.17. The first-order valence-corrected chi connectivity index (χ1v) is 7.72. The minimum absolute atomic E-state index is 0.0736. The molecular weight excluding hydrogens is 316 g/mol. The van der Waals surface area contributed by atoms with Gasteiger partial charge in [-0.3, -0.25) is 4.79 Å². The molecule has 20 heavy (non-hydrogen) atoms. The van der Waals surface area contributed by atoms with Crippen LogP contribution in [0.3, 0.4) is 0 Å². The Kier molecular flexibility index (Phi) is 3.96. The van der Waals surface area contributed by atoms with E-state index in [-0.39, 0.29) is 5.78 Å². The number of benzene rings is 1.